The minimum atomic E-state index is 0.100. The fraction of sp³-hybridized carbons (Fsp3) is 0.571. The fourth-order valence-corrected chi connectivity index (χ4v) is 0.438. The minimum Gasteiger partial charge on any atom is -0.299 e. The topological polar surface area (TPSA) is 17.1 Å². The first kappa shape index (κ1) is 5.54. The third-order valence-electron chi connectivity index (χ3n) is 0.888. The molecule has 0 aromatic heterocycles. The molecule has 1 nitrogen and oxygen atoms in total. The van der Waals surface area contributed by atoms with E-state index in [1.807, 2.05) is 0 Å². The summed E-state index contributed by atoms with van der Waals surface area (Å²) in [5, 5.41) is 0. The zero-order chi connectivity index (χ0) is 7.11. The van der Waals surface area contributed by atoms with Crippen LogP contribution in [-0.4, -0.2) is 6.29 Å². The van der Waals surface area contributed by atoms with Crippen LogP contribution >= 0.6 is 0 Å². The Kier molecular flexibility index (Phi) is 4.44. The van der Waals surface area contributed by atoms with Crippen molar-refractivity contribution in [2.24, 2.45) is 0 Å². The van der Waals surface area contributed by atoms with Crippen LogP contribution in [0.2, 0.25) is 0 Å². The van der Waals surface area contributed by atoms with Gasteiger partial charge in [-0.15, -0.1) is 0 Å². The quantitative estimate of drug-likeness (QED) is 0.309. The lowest BCUT2D eigenvalue weighted by molar-refractivity contribution is -0.104. The maximum Gasteiger partial charge on any atom is 0.142 e. The lowest BCUT2D eigenvalue weighted by atomic mass is 10.2. The predicted octanol–water partition coefficient (Wildman–Crippen LogP) is 1.93. The van der Waals surface area contributed by atoms with Gasteiger partial charge in [0.2, 0.25) is 0 Å². The molecule has 0 aliphatic carbocycles. The van der Waals surface area contributed by atoms with E-state index >= 15 is 0 Å². The van der Waals surface area contributed by atoms with Gasteiger partial charge in [0.1, 0.15) is 6.29 Å². The van der Waals surface area contributed by atoms with Gasteiger partial charge in [-0.05, 0) is 12.5 Å². The van der Waals surface area contributed by atoms with E-state index in [1.54, 1.807) is 6.08 Å². The standard InChI is InChI=1S/C7H12O/c1-2-3-4-5-6-7-8/h5-7H,2-4H2,1H3/i6D. The highest BCUT2D eigenvalue weighted by Gasteiger charge is 1.74. The van der Waals surface area contributed by atoms with E-state index in [2.05, 4.69) is 6.92 Å². The molecule has 0 aromatic rings. The summed E-state index contributed by atoms with van der Waals surface area (Å²) >= 11 is 0. The maximum absolute atomic E-state index is 9.84. The van der Waals surface area contributed by atoms with Crippen molar-refractivity contribution in [1.82, 2.24) is 0 Å². The lowest BCUT2D eigenvalue weighted by Gasteiger charge is -1.83. The second-order valence-electron chi connectivity index (χ2n) is 1.63. The van der Waals surface area contributed by atoms with Gasteiger partial charge in [-0.1, -0.05) is 25.8 Å². The molecule has 0 radical (unpaired) electrons. The molecule has 46 valence electrons. The smallest absolute Gasteiger partial charge is 0.142 e. The van der Waals surface area contributed by atoms with E-state index < -0.39 is 0 Å². The second kappa shape index (κ2) is 6.41. The zero-order valence-electron chi connectivity index (χ0n) is 6.18. The van der Waals surface area contributed by atoms with Crippen LogP contribution in [0.15, 0.2) is 12.1 Å². The Labute approximate surface area is 51.8 Å². The summed E-state index contributed by atoms with van der Waals surface area (Å²) in [6, 6.07) is 0.100. The van der Waals surface area contributed by atoms with Crippen molar-refractivity contribution in [2.75, 3.05) is 0 Å². The number of allylic oxidation sites excluding steroid dienone is 2. The molecule has 0 atom stereocenters. The Hall–Kier alpha value is -0.590. The molecule has 1 heteroatoms. The first-order valence-electron chi connectivity index (χ1n) is 3.43. The number of rotatable bonds is 4. The molecule has 0 aliphatic rings. The highest BCUT2D eigenvalue weighted by Crippen LogP contribution is 1.93. The largest absolute Gasteiger partial charge is 0.299 e. The Morgan fingerprint density at radius 3 is 3.00 bits per heavy atom. The second-order valence-corrected chi connectivity index (χ2v) is 1.63. The number of hydrogen-bond donors (Lipinski definition) is 0. The summed E-state index contributed by atoms with van der Waals surface area (Å²) in [5.41, 5.74) is 0. The van der Waals surface area contributed by atoms with Gasteiger partial charge in [0.15, 0.2) is 0 Å². The molecule has 0 N–H and O–H groups in total. The van der Waals surface area contributed by atoms with Crippen molar-refractivity contribution in [1.29, 1.82) is 0 Å². The van der Waals surface area contributed by atoms with Gasteiger partial charge in [0.25, 0.3) is 0 Å². The van der Waals surface area contributed by atoms with E-state index in [4.69, 9.17) is 1.37 Å². The van der Waals surface area contributed by atoms with E-state index in [0.717, 1.165) is 19.3 Å². The summed E-state index contributed by atoms with van der Waals surface area (Å²) in [6.45, 7) is 2.08. The van der Waals surface area contributed by atoms with Gasteiger partial charge < -0.3 is 0 Å². The average molecular weight is 113 g/mol. The van der Waals surface area contributed by atoms with Gasteiger partial charge in [-0.25, -0.2) is 0 Å². The van der Waals surface area contributed by atoms with Crippen molar-refractivity contribution in [2.45, 2.75) is 26.2 Å². The summed E-state index contributed by atoms with van der Waals surface area (Å²) in [5.74, 6) is 0. The molecule has 0 aromatic carbocycles. The van der Waals surface area contributed by atoms with Gasteiger partial charge >= 0.3 is 0 Å². The first-order valence-corrected chi connectivity index (χ1v) is 2.93. The molecule has 0 heterocycles. The van der Waals surface area contributed by atoms with Crippen LogP contribution in [0.1, 0.15) is 27.6 Å². The fourth-order valence-electron chi connectivity index (χ4n) is 0.438. The monoisotopic (exact) mass is 113 g/mol. The number of carbonyl (C=O) groups is 1. The molecule has 0 saturated carbocycles. The molecule has 0 saturated heterocycles. The molecule has 0 unspecified atom stereocenters. The van der Waals surface area contributed by atoms with Gasteiger partial charge in [-0.2, -0.15) is 0 Å². The molecule has 0 amide bonds. The third-order valence-corrected chi connectivity index (χ3v) is 0.888. The normalized spacial score (nSPS) is 13.1. The number of unbranched alkanes of at least 4 members (excludes halogenated alkanes) is 2. The SMILES string of the molecule is [2H]C(C=O)=CCCCC. The van der Waals surface area contributed by atoms with E-state index in [1.165, 1.54) is 0 Å². The van der Waals surface area contributed by atoms with E-state index in [9.17, 15) is 4.79 Å². The van der Waals surface area contributed by atoms with E-state index in [0.29, 0.717) is 6.29 Å². The molecule has 8 heavy (non-hydrogen) atoms. The molecule has 0 bridgehead atoms. The Balaban J connectivity index is 3.31. The molecular weight excluding hydrogens is 100 g/mol. The molecule has 0 aliphatic heterocycles. The van der Waals surface area contributed by atoms with Crippen LogP contribution in [0.3, 0.4) is 0 Å². The highest BCUT2D eigenvalue weighted by atomic mass is 16.1. The van der Waals surface area contributed by atoms with Crippen molar-refractivity contribution in [3.8, 4) is 0 Å². The highest BCUT2D eigenvalue weighted by molar-refractivity contribution is 5.64. The predicted molar refractivity (Wildman–Crippen MR) is 34.7 cm³/mol. The minimum absolute atomic E-state index is 0.100. The number of carbonyl (C=O) groups excluding carboxylic acids is 1. The Morgan fingerprint density at radius 2 is 2.50 bits per heavy atom. The van der Waals surface area contributed by atoms with Crippen molar-refractivity contribution < 1.29 is 6.17 Å². The molecular formula is C7H12O. The summed E-state index contributed by atoms with van der Waals surface area (Å²) in [4.78, 5) is 9.84. The van der Waals surface area contributed by atoms with Crippen molar-refractivity contribution in [3.05, 3.63) is 12.1 Å². The van der Waals surface area contributed by atoms with Crippen LogP contribution in [0.5, 0.6) is 0 Å². The summed E-state index contributed by atoms with van der Waals surface area (Å²) < 4.78 is 6.89. The van der Waals surface area contributed by atoms with Crippen LogP contribution < -0.4 is 0 Å². The van der Waals surface area contributed by atoms with Crippen LogP contribution in [0, 0.1) is 0 Å². The Morgan fingerprint density at radius 1 is 1.75 bits per heavy atom. The molecule has 0 fully saturated rings. The number of hydrogen-bond acceptors (Lipinski definition) is 1. The van der Waals surface area contributed by atoms with Crippen molar-refractivity contribution in [3.63, 3.8) is 0 Å². The van der Waals surface area contributed by atoms with Gasteiger partial charge in [-0.3, -0.25) is 4.79 Å². The molecule has 0 spiro atoms. The van der Waals surface area contributed by atoms with Crippen LogP contribution in [-0.2, 0) is 4.79 Å². The summed E-state index contributed by atoms with van der Waals surface area (Å²) in [6.07, 6.45) is 5.25. The average Bonchev–Trinajstić information content (AvgIpc) is 1.89. The zero-order valence-corrected chi connectivity index (χ0v) is 5.18. The van der Waals surface area contributed by atoms with E-state index in [-0.39, 0.29) is 6.05 Å². The summed E-state index contributed by atoms with van der Waals surface area (Å²) in [7, 11) is 0. The maximum atomic E-state index is 9.84. The lowest BCUT2D eigenvalue weighted by Crippen LogP contribution is -1.66. The van der Waals surface area contributed by atoms with Gasteiger partial charge in [0.05, 0.1) is 1.37 Å². The number of aldehydes is 1. The van der Waals surface area contributed by atoms with Crippen LogP contribution in [0.25, 0.3) is 0 Å². The van der Waals surface area contributed by atoms with Crippen LogP contribution in [0.4, 0.5) is 0 Å². The Bertz CT molecular complexity index is 107. The van der Waals surface area contributed by atoms with Crippen molar-refractivity contribution >= 4 is 6.29 Å². The van der Waals surface area contributed by atoms with Gasteiger partial charge in [0, 0.05) is 0 Å². The first-order chi connectivity index (χ1) is 4.31. The third kappa shape index (κ3) is 5.41. The molecule has 0 rings (SSSR count).